The van der Waals surface area contributed by atoms with E-state index in [9.17, 15) is 0 Å². The Labute approximate surface area is 219 Å². The zero-order valence-electron chi connectivity index (χ0n) is 20.7. The highest BCUT2D eigenvalue weighted by Gasteiger charge is 2.26. The minimum Gasteiger partial charge on any atom is -0.335 e. The molecule has 0 saturated heterocycles. The third kappa shape index (κ3) is 2.18. The zero-order chi connectivity index (χ0) is 24.5. The molecule has 0 aliphatic carbocycles. The van der Waals surface area contributed by atoms with E-state index in [4.69, 9.17) is 0 Å². The Morgan fingerprint density at radius 3 is 2.26 bits per heavy atom. The molecule has 0 amide bonds. The molecule has 0 saturated carbocycles. The SMILES string of the molecule is c1ccc2c(c1)Cn1c3ccccc3c3cc4cc5c(cc4c-2c31)c1cccc2c1n5-c1ccccc1C2. The van der Waals surface area contributed by atoms with Crippen LogP contribution in [0, 0.1) is 0 Å². The average Bonchev–Trinajstić information content (AvgIpc) is 3.46. The van der Waals surface area contributed by atoms with E-state index < -0.39 is 0 Å². The van der Waals surface area contributed by atoms with Gasteiger partial charge in [-0.15, -0.1) is 0 Å². The maximum Gasteiger partial charge on any atom is 0.0580 e. The largest absolute Gasteiger partial charge is 0.335 e. The van der Waals surface area contributed by atoms with Crippen molar-refractivity contribution < 1.29 is 0 Å². The molecular formula is C36H22N2. The predicted octanol–water partition coefficient (Wildman–Crippen LogP) is 8.98. The molecule has 0 bridgehead atoms. The summed E-state index contributed by atoms with van der Waals surface area (Å²) >= 11 is 0. The highest BCUT2D eigenvalue weighted by Crippen LogP contribution is 2.48. The van der Waals surface area contributed by atoms with Gasteiger partial charge in [0, 0.05) is 51.3 Å². The molecular weight excluding hydrogens is 460 g/mol. The fraction of sp³-hybridized carbons (Fsp3) is 0.0556. The van der Waals surface area contributed by atoms with Gasteiger partial charge in [0.2, 0.25) is 0 Å². The van der Waals surface area contributed by atoms with Crippen LogP contribution < -0.4 is 0 Å². The summed E-state index contributed by atoms with van der Waals surface area (Å²) in [5.74, 6) is 0. The standard InChI is InChI=1S/C36H22N2/c1-3-11-25-23(9-1)20-37-32-15-6-4-12-26(32)30-17-24-18-33-29(19-28(24)34(25)36(30)37)27-13-7-10-22-16-21-8-2-5-14-31(21)38(33)35(22)27/h1-15,17-19H,16,20H2. The second-order valence-electron chi connectivity index (χ2n) is 11.0. The summed E-state index contributed by atoms with van der Waals surface area (Å²) in [5, 5.41) is 8.04. The van der Waals surface area contributed by atoms with Crippen molar-refractivity contribution in [1.82, 2.24) is 9.13 Å². The molecule has 38 heavy (non-hydrogen) atoms. The molecule has 2 aliphatic rings. The smallest absolute Gasteiger partial charge is 0.0580 e. The first-order valence-corrected chi connectivity index (χ1v) is 13.5. The minimum absolute atomic E-state index is 0.917. The molecule has 0 fully saturated rings. The highest BCUT2D eigenvalue weighted by atomic mass is 15.0. The van der Waals surface area contributed by atoms with Gasteiger partial charge in [-0.25, -0.2) is 0 Å². The average molecular weight is 483 g/mol. The van der Waals surface area contributed by atoms with Crippen molar-refractivity contribution in [3.8, 4) is 16.8 Å². The fourth-order valence-electron chi connectivity index (χ4n) is 7.55. The van der Waals surface area contributed by atoms with Gasteiger partial charge in [0.25, 0.3) is 0 Å². The maximum atomic E-state index is 2.54. The number of hydrogen-bond acceptors (Lipinski definition) is 0. The fourth-order valence-corrected chi connectivity index (χ4v) is 7.55. The molecule has 0 N–H and O–H groups in total. The van der Waals surface area contributed by atoms with E-state index in [-0.39, 0.29) is 0 Å². The van der Waals surface area contributed by atoms with Gasteiger partial charge < -0.3 is 9.13 Å². The van der Waals surface area contributed by atoms with Crippen molar-refractivity contribution in [3.63, 3.8) is 0 Å². The van der Waals surface area contributed by atoms with E-state index in [0.717, 1.165) is 13.0 Å². The molecule has 0 atom stereocenters. The zero-order valence-corrected chi connectivity index (χ0v) is 20.7. The lowest BCUT2D eigenvalue weighted by Crippen LogP contribution is -2.08. The van der Waals surface area contributed by atoms with Crippen LogP contribution in [0.1, 0.15) is 16.7 Å². The van der Waals surface area contributed by atoms with Crippen LogP contribution in [0.15, 0.2) is 109 Å². The molecule has 176 valence electrons. The van der Waals surface area contributed by atoms with Gasteiger partial charge in [0.1, 0.15) is 0 Å². The summed E-state index contributed by atoms with van der Waals surface area (Å²) in [7, 11) is 0. The lowest BCUT2D eigenvalue weighted by molar-refractivity contribution is 0.861. The van der Waals surface area contributed by atoms with Gasteiger partial charge in [-0.1, -0.05) is 78.9 Å². The Kier molecular flexibility index (Phi) is 3.32. The maximum absolute atomic E-state index is 2.54. The molecule has 6 aromatic carbocycles. The van der Waals surface area contributed by atoms with E-state index in [2.05, 4.69) is 118 Å². The van der Waals surface area contributed by atoms with Crippen molar-refractivity contribution in [3.05, 3.63) is 126 Å². The van der Waals surface area contributed by atoms with Crippen LogP contribution in [-0.4, -0.2) is 9.13 Å². The monoisotopic (exact) mass is 482 g/mol. The number of rotatable bonds is 0. The Morgan fingerprint density at radius 2 is 1.29 bits per heavy atom. The Balaban J connectivity index is 1.46. The second-order valence-corrected chi connectivity index (χ2v) is 11.0. The van der Waals surface area contributed by atoms with Gasteiger partial charge in [0.05, 0.1) is 16.6 Å². The van der Waals surface area contributed by atoms with Crippen LogP contribution in [-0.2, 0) is 13.0 Å². The summed E-state index contributed by atoms with van der Waals surface area (Å²) in [6, 6.07) is 41.0. The first-order chi connectivity index (χ1) is 18.8. The Morgan fingerprint density at radius 1 is 0.500 bits per heavy atom. The number of aromatic nitrogens is 2. The number of nitrogens with zero attached hydrogens (tertiary/aromatic N) is 2. The minimum atomic E-state index is 0.917. The van der Waals surface area contributed by atoms with Gasteiger partial charge in [0.15, 0.2) is 0 Å². The summed E-state index contributed by atoms with van der Waals surface area (Å²) in [6.45, 7) is 0.917. The Hall–Kier alpha value is -4.82. The van der Waals surface area contributed by atoms with E-state index in [1.54, 1.807) is 0 Å². The van der Waals surface area contributed by atoms with Crippen molar-refractivity contribution >= 4 is 54.4 Å². The van der Waals surface area contributed by atoms with Crippen molar-refractivity contribution in [1.29, 1.82) is 0 Å². The normalized spacial score (nSPS) is 13.6. The molecule has 2 aromatic heterocycles. The molecule has 10 rings (SSSR count). The van der Waals surface area contributed by atoms with Crippen LogP contribution in [0.25, 0.3) is 71.2 Å². The molecule has 4 heterocycles. The summed E-state index contributed by atoms with van der Waals surface area (Å²) < 4.78 is 5.06. The Bertz CT molecular complexity index is 2340. The molecule has 0 unspecified atom stereocenters. The van der Waals surface area contributed by atoms with Gasteiger partial charge >= 0.3 is 0 Å². The third-order valence-electron chi connectivity index (χ3n) is 9.09. The van der Waals surface area contributed by atoms with Gasteiger partial charge in [-0.2, -0.15) is 0 Å². The predicted molar refractivity (Wildman–Crippen MR) is 159 cm³/mol. The molecule has 2 aliphatic heterocycles. The number of hydrogen-bond donors (Lipinski definition) is 0. The first kappa shape index (κ1) is 19.3. The van der Waals surface area contributed by atoms with Crippen molar-refractivity contribution in [2.45, 2.75) is 13.0 Å². The molecule has 2 heteroatoms. The molecule has 0 spiro atoms. The molecule has 8 aromatic rings. The number of benzene rings is 6. The van der Waals surface area contributed by atoms with Crippen molar-refractivity contribution in [2.24, 2.45) is 0 Å². The topological polar surface area (TPSA) is 9.86 Å². The lowest BCUT2D eigenvalue weighted by Gasteiger charge is -2.22. The molecule has 2 nitrogen and oxygen atoms in total. The molecule has 0 radical (unpaired) electrons. The van der Waals surface area contributed by atoms with Crippen LogP contribution >= 0.6 is 0 Å². The van der Waals surface area contributed by atoms with Crippen LogP contribution in [0.4, 0.5) is 0 Å². The van der Waals surface area contributed by atoms with Crippen LogP contribution in [0.2, 0.25) is 0 Å². The summed E-state index contributed by atoms with van der Waals surface area (Å²) in [6.07, 6.45) is 0.988. The van der Waals surface area contributed by atoms with Crippen LogP contribution in [0.5, 0.6) is 0 Å². The quantitative estimate of drug-likeness (QED) is 0.204. The van der Waals surface area contributed by atoms with E-state index >= 15 is 0 Å². The highest BCUT2D eigenvalue weighted by molar-refractivity contribution is 6.24. The summed E-state index contributed by atoms with van der Waals surface area (Å²) in [4.78, 5) is 0. The summed E-state index contributed by atoms with van der Waals surface area (Å²) in [5.41, 5.74) is 13.6. The lowest BCUT2D eigenvalue weighted by atomic mass is 9.89. The van der Waals surface area contributed by atoms with Gasteiger partial charge in [-0.3, -0.25) is 0 Å². The second kappa shape index (κ2) is 6.54. The van der Waals surface area contributed by atoms with Crippen LogP contribution in [0.3, 0.4) is 0 Å². The van der Waals surface area contributed by atoms with E-state index in [1.807, 2.05) is 0 Å². The van der Waals surface area contributed by atoms with E-state index in [1.165, 1.54) is 87.9 Å². The first-order valence-electron chi connectivity index (χ1n) is 13.5. The van der Waals surface area contributed by atoms with E-state index in [0.29, 0.717) is 0 Å². The van der Waals surface area contributed by atoms with Gasteiger partial charge in [-0.05, 0) is 63.4 Å². The third-order valence-corrected chi connectivity index (χ3v) is 9.09. The number of fused-ring (bicyclic) bond motifs is 12. The van der Waals surface area contributed by atoms with Crippen molar-refractivity contribution in [2.75, 3.05) is 0 Å². The number of para-hydroxylation sites is 3.